The van der Waals surface area contributed by atoms with Crippen LogP contribution in [0.1, 0.15) is 46.5 Å². The van der Waals surface area contributed by atoms with E-state index in [1.807, 2.05) is 13.0 Å². The fraction of sp³-hybridized carbons (Fsp3) is 0.667. The summed E-state index contributed by atoms with van der Waals surface area (Å²) in [5, 5.41) is 0. The molecule has 1 atom stereocenters. The Morgan fingerprint density at radius 3 is 2.46 bits per heavy atom. The quantitative estimate of drug-likeness (QED) is 0.622. The molecule has 0 heterocycles. The van der Waals surface area contributed by atoms with Gasteiger partial charge in [-0.2, -0.15) is 0 Å². The second-order valence-corrected chi connectivity index (χ2v) is 3.71. The lowest BCUT2D eigenvalue weighted by atomic mass is 9.91. The van der Waals surface area contributed by atoms with Crippen LogP contribution in [0.25, 0.3) is 0 Å². The molecule has 0 saturated heterocycles. The molecule has 0 aliphatic carbocycles. The van der Waals surface area contributed by atoms with E-state index in [1.54, 1.807) is 0 Å². The molecule has 0 aliphatic heterocycles. The van der Waals surface area contributed by atoms with Gasteiger partial charge in [-0.25, -0.2) is 0 Å². The van der Waals surface area contributed by atoms with Gasteiger partial charge >= 0.3 is 0 Å². The van der Waals surface area contributed by atoms with Crippen molar-refractivity contribution in [3.63, 3.8) is 0 Å². The van der Waals surface area contributed by atoms with Crippen LogP contribution in [-0.4, -0.2) is 0 Å². The summed E-state index contributed by atoms with van der Waals surface area (Å²) in [6.07, 6.45) is 6.96. The molecule has 0 rings (SSSR count). The molecule has 0 spiro atoms. The van der Waals surface area contributed by atoms with Crippen molar-refractivity contribution in [3.05, 3.63) is 23.9 Å². The molecular formula is C12H23N. The van der Waals surface area contributed by atoms with E-state index in [2.05, 4.69) is 20.4 Å². The van der Waals surface area contributed by atoms with Crippen LogP contribution in [0, 0.1) is 5.92 Å². The Morgan fingerprint density at radius 1 is 1.46 bits per heavy atom. The van der Waals surface area contributed by atoms with Crippen LogP contribution < -0.4 is 5.73 Å². The third-order valence-electron chi connectivity index (χ3n) is 2.34. The fourth-order valence-corrected chi connectivity index (χ4v) is 1.51. The molecule has 0 aromatic carbocycles. The number of rotatable bonds is 6. The number of nitrogens with two attached hydrogens (primary N) is 1. The van der Waals surface area contributed by atoms with Crippen LogP contribution in [0.3, 0.4) is 0 Å². The third kappa shape index (κ3) is 5.51. The maximum absolute atomic E-state index is 5.61. The van der Waals surface area contributed by atoms with Crippen molar-refractivity contribution in [3.8, 4) is 0 Å². The molecule has 1 heteroatoms. The molecule has 0 bridgehead atoms. The Hall–Kier alpha value is -0.720. The highest BCUT2D eigenvalue weighted by Gasteiger charge is 2.07. The Kier molecular flexibility index (Phi) is 6.38. The molecule has 0 saturated carbocycles. The Labute approximate surface area is 82.7 Å². The summed E-state index contributed by atoms with van der Waals surface area (Å²) in [6, 6.07) is 0. The fourth-order valence-electron chi connectivity index (χ4n) is 1.51. The van der Waals surface area contributed by atoms with Crippen molar-refractivity contribution in [1.29, 1.82) is 0 Å². The molecule has 13 heavy (non-hydrogen) atoms. The summed E-state index contributed by atoms with van der Waals surface area (Å²) in [5.74, 6) is 0.624. The van der Waals surface area contributed by atoms with Crippen molar-refractivity contribution in [2.75, 3.05) is 0 Å². The average Bonchev–Trinajstić information content (AvgIpc) is 2.04. The van der Waals surface area contributed by atoms with E-state index < -0.39 is 0 Å². The van der Waals surface area contributed by atoms with Crippen molar-refractivity contribution >= 4 is 0 Å². The van der Waals surface area contributed by atoms with Crippen LogP contribution in [0.15, 0.2) is 23.9 Å². The Balaban J connectivity index is 4.07. The lowest BCUT2D eigenvalue weighted by Gasteiger charge is -2.14. The smallest absolute Gasteiger partial charge is 0.00515 e. The molecule has 1 nitrogen and oxygen atoms in total. The number of allylic oxidation sites excluding steroid dienone is 3. The zero-order valence-corrected chi connectivity index (χ0v) is 9.27. The van der Waals surface area contributed by atoms with E-state index in [1.165, 1.54) is 31.3 Å². The summed E-state index contributed by atoms with van der Waals surface area (Å²) in [4.78, 5) is 0. The SMILES string of the molecule is C=C(/C=C(\C)N)C(CC)CCCC. The maximum Gasteiger partial charge on any atom is 0.00515 e. The molecule has 0 amide bonds. The summed E-state index contributed by atoms with van der Waals surface area (Å²) in [5.41, 5.74) is 7.67. The summed E-state index contributed by atoms with van der Waals surface area (Å²) in [6.45, 7) is 10.4. The van der Waals surface area contributed by atoms with Gasteiger partial charge in [-0.15, -0.1) is 0 Å². The van der Waals surface area contributed by atoms with Gasteiger partial charge in [-0.3, -0.25) is 0 Å². The summed E-state index contributed by atoms with van der Waals surface area (Å²) in [7, 11) is 0. The standard InChI is InChI=1S/C12H23N/c1-5-7-8-12(6-2)10(3)9-11(4)13/h9,12H,3,5-8,13H2,1-2,4H3/b11-9+. The average molecular weight is 181 g/mol. The predicted octanol–water partition coefficient (Wildman–Crippen LogP) is 3.62. The topological polar surface area (TPSA) is 26.0 Å². The zero-order chi connectivity index (χ0) is 10.3. The van der Waals surface area contributed by atoms with E-state index in [-0.39, 0.29) is 0 Å². The van der Waals surface area contributed by atoms with Gasteiger partial charge in [-0.1, -0.05) is 38.8 Å². The van der Waals surface area contributed by atoms with Crippen LogP contribution in [0.5, 0.6) is 0 Å². The summed E-state index contributed by atoms with van der Waals surface area (Å²) >= 11 is 0. The van der Waals surface area contributed by atoms with E-state index in [0.29, 0.717) is 5.92 Å². The number of hydrogen-bond donors (Lipinski definition) is 1. The first kappa shape index (κ1) is 12.3. The first-order valence-corrected chi connectivity index (χ1v) is 5.24. The van der Waals surface area contributed by atoms with Crippen LogP contribution in [0.2, 0.25) is 0 Å². The molecule has 1 unspecified atom stereocenters. The second kappa shape index (κ2) is 6.76. The van der Waals surface area contributed by atoms with Gasteiger partial charge in [0.05, 0.1) is 0 Å². The van der Waals surface area contributed by atoms with Crippen LogP contribution >= 0.6 is 0 Å². The van der Waals surface area contributed by atoms with Gasteiger partial charge in [0.2, 0.25) is 0 Å². The summed E-state index contributed by atoms with van der Waals surface area (Å²) < 4.78 is 0. The highest BCUT2D eigenvalue weighted by molar-refractivity contribution is 5.20. The lowest BCUT2D eigenvalue weighted by Crippen LogP contribution is -2.02. The monoisotopic (exact) mass is 181 g/mol. The van der Waals surface area contributed by atoms with Crippen molar-refractivity contribution in [2.24, 2.45) is 11.7 Å². The van der Waals surface area contributed by atoms with Gasteiger partial charge in [0, 0.05) is 5.70 Å². The Bertz CT molecular complexity index is 176. The zero-order valence-electron chi connectivity index (χ0n) is 9.27. The normalized spacial score (nSPS) is 14.2. The van der Waals surface area contributed by atoms with Gasteiger partial charge in [0.1, 0.15) is 0 Å². The minimum Gasteiger partial charge on any atom is -0.402 e. The maximum atomic E-state index is 5.61. The predicted molar refractivity (Wildman–Crippen MR) is 60.4 cm³/mol. The minimum atomic E-state index is 0.624. The molecule has 2 N–H and O–H groups in total. The van der Waals surface area contributed by atoms with Crippen molar-refractivity contribution in [2.45, 2.75) is 46.5 Å². The number of hydrogen-bond acceptors (Lipinski definition) is 1. The van der Waals surface area contributed by atoms with Gasteiger partial charge in [0.25, 0.3) is 0 Å². The van der Waals surface area contributed by atoms with Crippen LogP contribution in [0.4, 0.5) is 0 Å². The van der Waals surface area contributed by atoms with E-state index in [9.17, 15) is 0 Å². The van der Waals surface area contributed by atoms with Gasteiger partial charge in [0.15, 0.2) is 0 Å². The first-order chi connectivity index (χ1) is 6.11. The molecule has 0 radical (unpaired) electrons. The second-order valence-electron chi connectivity index (χ2n) is 3.71. The minimum absolute atomic E-state index is 0.624. The third-order valence-corrected chi connectivity index (χ3v) is 2.34. The first-order valence-electron chi connectivity index (χ1n) is 5.24. The lowest BCUT2D eigenvalue weighted by molar-refractivity contribution is 0.524. The molecule has 0 aliphatic rings. The highest BCUT2D eigenvalue weighted by Crippen LogP contribution is 2.21. The molecule has 0 aromatic heterocycles. The Morgan fingerprint density at radius 2 is 2.08 bits per heavy atom. The van der Waals surface area contributed by atoms with Crippen molar-refractivity contribution < 1.29 is 0 Å². The van der Waals surface area contributed by atoms with E-state index in [0.717, 1.165) is 5.70 Å². The molecular weight excluding hydrogens is 158 g/mol. The molecule has 76 valence electrons. The van der Waals surface area contributed by atoms with Gasteiger partial charge < -0.3 is 5.73 Å². The molecule has 0 fully saturated rings. The number of unbranched alkanes of at least 4 members (excludes halogenated alkanes) is 1. The van der Waals surface area contributed by atoms with Gasteiger partial charge in [-0.05, 0) is 31.8 Å². The van der Waals surface area contributed by atoms with E-state index >= 15 is 0 Å². The van der Waals surface area contributed by atoms with Crippen molar-refractivity contribution in [1.82, 2.24) is 0 Å². The van der Waals surface area contributed by atoms with Crippen LogP contribution in [-0.2, 0) is 0 Å². The molecule has 0 aromatic rings. The van der Waals surface area contributed by atoms with E-state index in [4.69, 9.17) is 5.73 Å². The largest absolute Gasteiger partial charge is 0.402 e. The highest BCUT2D eigenvalue weighted by atomic mass is 14.5.